The van der Waals surface area contributed by atoms with Gasteiger partial charge in [-0.3, -0.25) is 9.59 Å². The van der Waals surface area contributed by atoms with Gasteiger partial charge in [0.1, 0.15) is 5.75 Å². The zero-order valence-corrected chi connectivity index (χ0v) is 17.2. The molecule has 0 radical (unpaired) electrons. The Labute approximate surface area is 183 Å². The summed E-state index contributed by atoms with van der Waals surface area (Å²) < 4.78 is 5.51. The van der Waals surface area contributed by atoms with Crippen LogP contribution in [0.4, 0.5) is 5.69 Å². The number of carbonyl (C=O) groups is 2. The van der Waals surface area contributed by atoms with E-state index in [4.69, 9.17) is 27.9 Å². The molecular weight excluding hydrogens is 425 g/mol. The number of benzene rings is 3. The minimum atomic E-state index is -0.355. The number of hydrogen-bond acceptors (Lipinski definition) is 4. The van der Waals surface area contributed by atoms with Crippen molar-refractivity contribution in [2.24, 2.45) is 5.10 Å². The SMILES string of the molecule is O=C(COc1cccc(/C=N/NC(=O)c2ccc(Cl)cc2)c1)Nc1ccccc1Cl. The highest BCUT2D eigenvalue weighted by atomic mass is 35.5. The van der Waals surface area contributed by atoms with E-state index in [-0.39, 0.29) is 18.4 Å². The van der Waals surface area contributed by atoms with E-state index in [9.17, 15) is 9.59 Å². The van der Waals surface area contributed by atoms with Crippen molar-refractivity contribution in [3.05, 3.63) is 94.0 Å². The monoisotopic (exact) mass is 441 g/mol. The normalized spacial score (nSPS) is 10.6. The Morgan fingerprint density at radius 3 is 2.50 bits per heavy atom. The zero-order chi connectivity index (χ0) is 21.3. The molecule has 0 saturated carbocycles. The van der Waals surface area contributed by atoms with Gasteiger partial charge < -0.3 is 10.1 Å². The van der Waals surface area contributed by atoms with Crippen LogP contribution in [-0.2, 0) is 4.79 Å². The fourth-order valence-electron chi connectivity index (χ4n) is 2.41. The lowest BCUT2D eigenvalue weighted by Crippen LogP contribution is -2.20. The summed E-state index contributed by atoms with van der Waals surface area (Å²) in [5.74, 6) is -0.207. The molecule has 0 fully saturated rings. The van der Waals surface area contributed by atoms with Crippen LogP contribution >= 0.6 is 23.2 Å². The average molecular weight is 442 g/mol. The Kier molecular flexibility index (Phi) is 7.43. The van der Waals surface area contributed by atoms with Crippen molar-refractivity contribution in [1.82, 2.24) is 5.43 Å². The van der Waals surface area contributed by atoms with Crippen molar-refractivity contribution in [2.75, 3.05) is 11.9 Å². The minimum absolute atomic E-state index is 0.181. The average Bonchev–Trinajstić information content (AvgIpc) is 2.75. The smallest absolute Gasteiger partial charge is 0.271 e. The molecule has 0 aliphatic carbocycles. The van der Waals surface area contributed by atoms with E-state index in [1.54, 1.807) is 72.8 Å². The van der Waals surface area contributed by atoms with Gasteiger partial charge in [0.2, 0.25) is 0 Å². The highest BCUT2D eigenvalue weighted by molar-refractivity contribution is 6.33. The highest BCUT2D eigenvalue weighted by Gasteiger charge is 2.07. The van der Waals surface area contributed by atoms with Crippen molar-refractivity contribution in [1.29, 1.82) is 0 Å². The Balaban J connectivity index is 1.52. The molecule has 0 aromatic heterocycles. The number of halogens is 2. The minimum Gasteiger partial charge on any atom is -0.484 e. The second-order valence-electron chi connectivity index (χ2n) is 6.10. The molecule has 6 nitrogen and oxygen atoms in total. The molecule has 0 heterocycles. The Morgan fingerprint density at radius 1 is 0.967 bits per heavy atom. The van der Waals surface area contributed by atoms with E-state index < -0.39 is 0 Å². The third kappa shape index (κ3) is 6.34. The Bertz CT molecular complexity index is 1070. The molecule has 30 heavy (non-hydrogen) atoms. The van der Waals surface area contributed by atoms with E-state index in [1.807, 2.05) is 0 Å². The maximum atomic E-state index is 12.0. The van der Waals surface area contributed by atoms with E-state index in [0.29, 0.717) is 32.6 Å². The van der Waals surface area contributed by atoms with Gasteiger partial charge >= 0.3 is 0 Å². The molecule has 0 aliphatic rings. The largest absolute Gasteiger partial charge is 0.484 e. The summed E-state index contributed by atoms with van der Waals surface area (Å²) in [5.41, 5.74) is 4.09. The predicted molar refractivity (Wildman–Crippen MR) is 119 cm³/mol. The number of hydrogen-bond donors (Lipinski definition) is 2. The van der Waals surface area contributed by atoms with Gasteiger partial charge in [0.25, 0.3) is 11.8 Å². The lowest BCUT2D eigenvalue weighted by Gasteiger charge is -2.09. The van der Waals surface area contributed by atoms with Crippen LogP contribution in [0, 0.1) is 0 Å². The quantitative estimate of drug-likeness (QED) is 0.409. The third-order valence-electron chi connectivity index (χ3n) is 3.86. The second kappa shape index (κ2) is 10.4. The van der Waals surface area contributed by atoms with Crippen LogP contribution in [0.3, 0.4) is 0 Å². The van der Waals surface area contributed by atoms with Crippen LogP contribution in [0.1, 0.15) is 15.9 Å². The molecule has 2 amide bonds. The van der Waals surface area contributed by atoms with Gasteiger partial charge in [-0.1, -0.05) is 47.5 Å². The second-order valence-corrected chi connectivity index (χ2v) is 6.94. The summed E-state index contributed by atoms with van der Waals surface area (Å²) in [6.45, 7) is -0.181. The van der Waals surface area contributed by atoms with Crippen LogP contribution in [0.25, 0.3) is 0 Å². The molecule has 0 atom stereocenters. The molecule has 152 valence electrons. The van der Waals surface area contributed by atoms with Gasteiger partial charge in [0.15, 0.2) is 6.61 Å². The van der Waals surface area contributed by atoms with Gasteiger partial charge in [-0.25, -0.2) is 5.43 Å². The molecular formula is C22H17Cl2N3O3. The van der Waals surface area contributed by atoms with Crippen molar-refractivity contribution in [3.8, 4) is 5.75 Å². The number of amides is 2. The summed E-state index contributed by atoms with van der Waals surface area (Å²) in [6.07, 6.45) is 1.48. The predicted octanol–water partition coefficient (Wildman–Crippen LogP) is 4.77. The number of para-hydroxylation sites is 1. The number of nitrogens with one attached hydrogen (secondary N) is 2. The summed E-state index contributed by atoms with van der Waals surface area (Å²) >= 11 is 11.8. The fraction of sp³-hybridized carbons (Fsp3) is 0.0455. The summed E-state index contributed by atoms with van der Waals surface area (Å²) in [5, 5.41) is 7.62. The first kappa shape index (κ1) is 21.4. The molecule has 0 aliphatic heterocycles. The van der Waals surface area contributed by atoms with Crippen LogP contribution in [0.2, 0.25) is 10.0 Å². The van der Waals surface area contributed by atoms with E-state index in [2.05, 4.69) is 15.8 Å². The van der Waals surface area contributed by atoms with Crippen LogP contribution < -0.4 is 15.5 Å². The number of nitrogens with zero attached hydrogens (tertiary/aromatic N) is 1. The van der Waals surface area contributed by atoms with E-state index >= 15 is 0 Å². The number of hydrazone groups is 1. The molecule has 0 spiro atoms. The number of carbonyl (C=O) groups excluding carboxylic acids is 2. The standard InChI is InChI=1S/C22H17Cl2N3O3/c23-17-10-8-16(9-11-17)22(29)27-25-13-15-4-3-5-18(12-15)30-14-21(28)26-20-7-2-1-6-19(20)24/h1-13H,14H2,(H,26,28)(H,27,29)/b25-13+. The topological polar surface area (TPSA) is 79.8 Å². The lowest BCUT2D eigenvalue weighted by atomic mass is 10.2. The maximum absolute atomic E-state index is 12.0. The van der Waals surface area contributed by atoms with Crippen LogP contribution in [0.5, 0.6) is 5.75 Å². The van der Waals surface area contributed by atoms with Crippen molar-refractivity contribution in [3.63, 3.8) is 0 Å². The Morgan fingerprint density at radius 2 is 1.73 bits per heavy atom. The number of rotatable bonds is 7. The van der Waals surface area contributed by atoms with Gasteiger partial charge in [0.05, 0.1) is 16.9 Å². The molecule has 0 bridgehead atoms. The summed E-state index contributed by atoms with van der Waals surface area (Å²) in [6, 6.07) is 20.4. The maximum Gasteiger partial charge on any atom is 0.271 e. The zero-order valence-electron chi connectivity index (χ0n) is 15.6. The lowest BCUT2D eigenvalue weighted by molar-refractivity contribution is -0.118. The molecule has 3 rings (SSSR count). The van der Waals surface area contributed by atoms with Gasteiger partial charge in [-0.2, -0.15) is 5.10 Å². The molecule has 8 heteroatoms. The van der Waals surface area contributed by atoms with Crippen LogP contribution in [-0.4, -0.2) is 24.6 Å². The van der Waals surface area contributed by atoms with Crippen molar-refractivity contribution >= 4 is 46.9 Å². The molecule has 3 aromatic carbocycles. The van der Waals surface area contributed by atoms with Gasteiger partial charge in [-0.15, -0.1) is 0 Å². The number of ether oxygens (including phenoxy) is 1. The Hall–Kier alpha value is -3.35. The first-order chi connectivity index (χ1) is 14.5. The van der Waals surface area contributed by atoms with Gasteiger partial charge in [0, 0.05) is 10.6 Å². The van der Waals surface area contributed by atoms with Crippen molar-refractivity contribution < 1.29 is 14.3 Å². The van der Waals surface area contributed by atoms with Crippen molar-refractivity contribution in [2.45, 2.75) is 0 Å². The molecule has 0 saturated heterocycles. The number of anilines is 1. The summed E-state index contributed by atoms with van der Waals surface area (Å²) in [7, 11) is 0. The van der Waals surface area contributed by atoms with E-state index in [0.717, 1.165) is 0 Å². The summed E-state index contributed by atoms with van der Waals surface area (Å²) in [4.78, 5) is 24.1. The highest BCUT2D eigenvalue weighted by Crippen LogP contribution is 2.20. The molecule has 0 unspecified atom stereocenters. The fourth-order valence-corrected chi connectivity index (χ4v) is 2.72. The van der Waals surface area contributed by atoms with Gasteiger partial charge in [-0.05, 0) is 54.1 Å². The first-order valence-electron chi connectivity index (χ1n) is 8.87. The molecule has 2 N–H and O–H groups in total. The third-order valence-corrected chi connectivity index (χ3v) is 4.44. The van der Waals surface area contributed by atoms with Crippen LogP contribution in [0.15, 0.2) is 77.9 Å². The molecule has 3 aromatic rings. The van der Waals surface area contributed by atoms with E-state index in [1.165, 1.54) is 6.21 Å². The first-order valence-corrected chi connectivity index (χ1v) is 9.63.